The molecule has 2 rings (SSSR count). The lowest BCUT2D eigenvalue weighted by molar-refractivity contribution is 0.0596. The van der Waals surface area contributed by atoms with Gasteiger partial charge < -0.3 is 14.2 Å². The molecule has 0 spiro atoms. The molecule has 0 unspecified atom stereocenters. The van der Waals surface area contributed by atoms with Gasteiger partial charge in [0.2, 0.25) is 0 Å². The van der Waals surface area contributed by atoms with Crippen molar-refractivity contribution >= 4 is 17.7 Å². The monoisotopic (exact) mass is 318 g/mol. The Hall–Kier alpha value is -2.14. The molecule has 0 bridgehead atoms. The molecule has 0 aliphatic rings. The fourth-order valence-corrected chi connectivity index (χ4v) is 2.89. The van der Waals surface area contributed by atoms with E-state index in [9.17, 15) is 4.79 Å². The second-order valence-corrected chi connectivity index (χ2v) is 5.51. The maximum absolute atomic E-state index is 11.9. The zero-order valence-corrected chi connectivity index (χ0v) is 13.6. The lowest BCUT2D eigenvalue weighted by Crippen LogP contribution is -2.03. The van der Waals surface area contributed by atoms with Gasteiger partial charge in [-0.25, -0.2) is 4.79 Å². The summed E-state index contributed by atoms with van der Waals surface area (Å²) in [6, 6.07) is 13.3. The summed E-state index contributed by atoms with van der Waals surface area (Å²) >= 11 is 1.58. The Bertz CT molecular complexity index is 638. The van der Waals surface area contributed by atoms with Crippen LogP contribution in [0.3, 0.4) is 0 Å². The first-order valence-corrected chi connectivity index (χ1v) is 7.68. The van der Waals surface area contributed by atoms with Gasteiger partial charge in [-0.05, 0) is 35.9 Å². The third kappa shape index (κ3) is 3.95. The van der Waals surface area contributed by atoms with Crippen molar-refractivity contribution in [1.82, 2.24) is 0 Å². The van der Waals surface area contributed by atoms with E-state index in [1.54, 1.807) is 32.0 Å². The summed E-state index contributed by atoms with van der Waals surface area (Å²) in [5.74, 6) is 1.85. The summed E-state index contributed by atoms with van der Waals surface area (Å²) < 4.78 is 15.1. The van der Waals surface area contributed by atoms with E-state index in [1.165, 1.54) is 7.11 Å². The van der Waals surface area contributed by atoms with Crippen LogP contribution < -0.4 is 9.47 Å². The van der Waals surface area contributed by atoms with Gasteiger partial charge in [-0.2, -0.15) is 0 Å². The Balaban J connectivity index is 2.15. The molecule has 0 fully saturated rings. The van der Waals surface area contributed by atoms with Crippen LogP contribution in [0.1, 0.15) is 15.9 Å². The molecule has 0 heterocycles. The van der Waals surface area contributed by atoms with E-state index in [0.717, 1.165) is 22.0 Å². The van der Waals surface area contributed by atoms with Gasteiger partial charge in [-0.15, -0.1) is 11.8 Å². The minimum absolute atomic E-state index is 0.365. The molecule has 0 aliphatic carbocycles. The van der Waals surface area contributed by atoms with E-state index in [1.807, 2.05) is 36.4 Å². The van der Waals surface area contributed by atoms with Crippen molar-refractivity contribution in [2.45, 2.75) is 10.6 Å². The Morgan fingerprint density at radius 3 is 2.18 bits per heavy atom. The number of esters is 1. The first-order chi connectivity index (χ1) is 10.7. The highest BCUT2D eigenvalue weighted by molar-refractivity contribution is 7.98. The van der Waals surface area contributed by atoms with Gasteiger partial charge in [-0.3, -0.25) is 0 Å². The predicted octanol–water partition coefficient (Wildman–Crippen LogP) is 3.78. The van der Waals surface area contributed by atoms with Crippen LogP contribution in [0, 0.1) is 0 Å². The third-order valence-electron chi connectivity index (χ3n) is 3.15. The molecule has 0 aliphatic heterocycles. The van der Waals surface area contributed by atoms with Gasteiger partial charge >= 0.3 is 5.97 Å². The van der Waals surface area contributed by atoms with Crippen molar-refractivity contribution < 1.29 is 19.0 Å². The molecule has 5 heteroatoms. The molecule has 22 heavy (non-hydrogen) atoms. The Kier molecular flexibility index (Phi) is 5.72. The first-order valence-electron chi connectivity index (χ1n) is 6.70. The molecule has 0 saturated heterocycles. The van der Waals surface area contributed by atoms with E-state index < -0.39 is 0 Å². The van der Waals surface area contributed by atoms with E-state index >= 15 is 0 Å². The molecular weight excluding hydrogens is 300 g/mol. The number of carbonyl (C=O) groups is 1. The predicted molar refractivity (Wildman–Crippen MR) is 86.9 cm³/mol. The summed E-state index contributed by atoms with van der Waals surface area (Å²) in [5, 5.41) is 0. The summed E-state index contributed by atoms with van der Waals surface area (Å²) in [4.78, 5) is 12.8. The molecule has 0 amide bonds. The number of hydrogen-bond acceptors (Lipinski definition) is 5. The van der Waals surface area contributed by atoms with E-state index in [-0.39, 0.29) is 5.97 Å². The molecular formula is C17H18O4S. The van der Waals surface area contributed by atoms with E-state index in [2.05, 4.69) is 0 Å². The fraction of sp³-hybridized carbons (Fsp3) is 0.235. The highest BCUT2D eigenvalue weighted by Gasteiger charge is 2.13. The molecule has 2 aromatic carbocycles. The molecule has 0 atom stereocenters. The second kappa shape index (κ2) is 7.75. The smallest absolute Gasteiger partial charge is 0.339 e. The summed E-state index contributed by atoms with van der Waals surface area (Å²) in [7, 11) is 4.59. The lowest BCUT2D eigenvalue weighted by Gasteiger charge is -2.10. The van der Waals surface area contributed by atoms with E-state index in [4.69, 9.17) is 14.2 Å². The number of ether oxygens (including phenoxy) is 3. The quantitative estimate of drug-likeness (QED) is 0.599. The molecule has 116 valence electrons. The van der Waals surface area contributed by atoms with Crippen molar-refractivity contribution in [2.75, 3.05) is 21.3 Å². The normalized spacial score (nSPS) is 10.1. The van der Waals surface area contributed by atoms with Gasteiger partial charge in [0, 0.05) is 10.6 Å². The topological polar surface area (TPSA) is 44.8 Å². The molecule has 0 radical (unpaired) electrons. The molecule has 2 aromatic rings. The van der Waals surface area contributed by atoms with Gasteiger partial charge in [0.15, 0.2) is 0 Å². The van der Waals surface area contributed by atoms with Crippen molar-refractivity contribution in [3.8, 4) is 11.5 Å². The second-order valence-electron chi connectivity index (χ2n) is 4.49. The van der Waals surface area contributed by atoms with Gasteiger partial charge in [0.05, 0.1) is 26.9 Å². The van der Waals surface area contributed by atoms with Crippen molar-refractivity contribution in [1.29, 1.82) is 0 Å². The van der Waals surface area contributed by atoms with Gasteiger partial charge in [-0.1, -0.05) is 12.1 Å². The lowest BCUT2D eigenvalue weighted by atomic mass is 10.2. The molecule has 0 aromatic heterocycles. The maximum Gasteiger partial charge on any atom is 0.339 e. The van der Waals surface area contributed by atoms with Crippen LogP contribution in [-0.2, 0) is 10.5 Å². The third-order valence-corrected chi connectivity index (χ3v) is 4.29. The Morgan fingerprint density at radius 2 is 1.59 bits per heavy atom. The minimum Gasteiger partial charge on any atom is -0.497 e. The van der Waals surface area contributed by atoms with Crippen LogP contribution >= 0.6 is 11.8 Å². The van der Waals surface area contributed by atoms with Crippen molar-refractivity contribution in [3.63, 3.8) is 0 Å². The Labute approximate surface area is 134 Å². The number of thioether (sulfide) groups is 1. The van der Waals surface area contributed by atoms with Crippen LogP contribution in [0.5, 0.6) is 11.5 Å². The zero-order valence-electron chi connectivity index (χ0n) is 12.8. The van der Waals surface area contributed by atoms with Crippen LogP contribution in [0.15, 0.2) is 47.4 Å². The SMILES string of the molecule is COC(=O)c1cc(OC)ccc1SCc1ccc(OC)cc1. The Morgan fingerprint density at radius 1 is 0.955 bits per heavy atom. The maximum atomic E-state index is 11.9. The molecule has 0 saturated carbocycles. The van der Waals surface area contributed by atoms with Crippen LogP contribution in [0.2, 0.25) is 0 Å². The minimum atomic E-state index is -0.365. The highest BCUT2D eigenvalue weighted by Crippen LogP contribution is 2.30. The summed E-state index contributed by atoms with van der Waals surface area (Å²) in [6.07, 6.45) is 0. The number of rotatable bonds is 6. The van der Waals surface area contributed by atoms with Crippen molar-refractivity contribution in [3.05, 3.63) is 53.6 Å². The largest absolute Gasteiger partial charge is 0.497 e. The van der Waals surface area contributed by atoms with Crippen LogP contribution in [0.4, 0.5) is 0 Å². The zero-order chi connectivity index (χ0) is 15.9. The number of methoxy groups -OCH3 is 3. The summed E-state index contributed by atoms with van der Waals surface area (Å²) in [5.41, 5.74) is 1.66. The number of benzene rings is 2. The van der Waals surface area contributed by atoms with E-state index in [0.29, 0.717) is 11.3 Å². The number of hydrogen-bond donors (Lipinski definition) is 0. The average Bonchev–Trinajstić information content (AvgIpc) is 2.59. The summed E-state index contributed by atoms with van der Waals surface area (Å²) in [6.45, 7) is 0. The molecule has 4 nitrogen and oxygen atoms in total. The average molecular weight is 318 g/mol. The van der Waals surface area contributed by atoms with Gasteiger partial charge in [0.25, 0.3) is 0 Å². The van der Waals surface area contributed by atoms with Crippen LogP contribution in [-0.4, -0.2) is 27.3 Å². The van der Waals surface area contributed by atoms with Crippen LogP contribution in [0.25, 0.3) is 0 Å². The number of carbonyl (C=O) groups excluding carboxylic acids is 1. The fourth-order valence-electron chi connectivity index (χ4n) is 1.91. The first kappa shape index (κ1) is 16.2. The molecule has 0 N–H and O–H groups in total. The van der Waals surface area contributed by atoms with Crippen molar-refractivity contribution in [2.24, 2.45) is 0 Å². The standard InChI is InChI=1S/C17H18O4S/c1-19-13-6-4-12(5-7-13)11-22-16-9-8-14(20-2)10-15(16)17(18)21-3/h4-10H,11H2,1-3H3. The van der Waals surface area contributed by atoms with Gasteiger partial charge in [0.1, 0.15) is 11.5 Å². The highest BCUT2D eigenvalue weighted by atomic mass is 32.2.